The average Bonchev–Trinajstić information content (AvgIpc) is 2.58. The fraction of sp³-hybridized carbons (Fsp3) is 0.400. The molecule has 2 aromatic heterocycles. The van der Waals surface area contributed by atoms with Crippen LogP contribution < -0.4 is 5.73 Å². The Labute approximate surface area is 101 Å². The third-order valence-corrected chi connectivity index (χ3v) is 3.21. The summed E-state index contributed by atoms with van der Waals surface area (Å²) in [6.45, 7) is 3.88. The molecule has 0 aliphatic rings. The summed E-state index contributed by atoms with van der Waals surface area (Å²) >= 11 is 3.43. The average molecular weight is 285 g/mol. The molecule has 86 valence electrons. The van der Waals surface area contributed by atoms with Crippen LogP contribution in [0.15, 0.2) is 17.0 Å². The molecule has 0 amide bonds. The smallest absolute Gasteiger partial charge is 0.147 e. The molecule has 0 aromatic carbocycles. The van der Waals surface area contributed by atoms with Crippen molar-refractivity contribution in [3.05, 3.63) is 17.0 Å². The first-order valence-electron chi connectivity index (χ1n) is 4.86. The second-order valence-corrected chi connectivity index (χ2v) is 5.13. The monoisotopic (exact) mass is 284 g/mol. The first kappa shape index (κ1) is 11.3. The predicted molar refractivity (Wildman–Crippen MR) is 66.0 cm³/mol. The van der Waals surface area contributed by atoms with Gasteiger partial charge in [-0.2, -0.15) is 0 Å². The number of anilines is 1. The molecule has 0 radical (unpaired) electrons. The number of nitrogens with zero attached hydrogens (tertiary/aromatic N) is 3. The molecule has 2 heterocycles. The molecule has 0 unspecified atom stereocenters. The van der Waals surface area contributed by atoms with Crippen LogP contribution in [-0.2, 0) is 5.54 Å². The van der Waals surface area contributed by atoms with E-state index in [-0.39, 0.29) is 6.61 Å². The van der Waals surface area contributed by atoms with E-state index in [1.165, 1.54) is 6.33 Å². The summed E-state index contributed by atoms with van der Waals surface area (Å²) in [5.41, 5.74) is 6.09. The minimum Gasteiger partial charge on any atom is -0.394 e. The Kier molecular flexibility index (Phi) is 2.63. The van der Waals surface area contributed by atoms with E-state index in [1.807, 2.05) is 24.6 Å². The highest BCUT2D eigenvalue weighted by atomic mass is 79.9. The minimum absolute atomic E-state index is 0.0210. The summed E-state index contributed by atoms with van der Waals surface area (Å²) in [5, 5.41) is 10.2. The maximum atomic E-state index is 9.37. The van der Waals surface area contributed by atoms with Gasteiger partial charge >= 0.3 is 0 Å². The van der Waals surface area contributed by atoms with E-state index in [4.69, 9.17) is 5.73 Å². The van der Waals surface area contributed by atoms with Crippen molar-refractivity contribution in [1.82, 2.24) is 14.5 Å². The molecule has 0 saturated heterocycles. The van der Waals surface area contributed by atoms with Crippen LogP contribution in [0.4, 0.5) is 5.82 Å². The van der Waals surface area contributed by atoms with Crippen LogP contribution in [0.3, 0.4) is 0 Å². The van der Waals surface area contributed by atoms with Crippen molar-refractivity contribution in [2.24, 2.45) is 0 Å². The molecular weight excluding hydrogens is 272 g/mol. The van der Waals surface area contributed by atoms with Crippen LogP contribution in [0.2, 0.25) is 0 Å². The van der Waals surface area contributed by atoms with E-state index in [9.17, 15) is 5.11 Å². The molecule has 0 aliphatic carbocycles. The first-order chi connectivity index (χ1) is 7.47. The van der Waals surface area contributed by atoms with Gasteiger partial charge in [0.25, 0.3) is 0 Å². The molecule has 0 bridgehead atoms. The van der Waals surface area contributed by atoms with Gasteiger partial charge in [-0.1, -0.05) is 0 Å². The molecule has 3 N–H and O–H groups in total. The molecule has 0 atom stereocenters. The maximum absolute atomic E-state index is 9.37. The summed E-state index contributed by atoms with van der Waals surface area (Å²) in [4.78, 5) is 8.16. The Morgan fingerprint density at radius 2 is 2.19 bits per heavy atom. The van der Waals surface area contributed by atoms with E-state index in [0.29, 0.717) is 5.82 Å². The second-order valence-electron chi connectivity index (χ2n) is 4.28. The lowest BCUT2D eigenvalue weighted by Gasteiger charge is -2.24. The Balaban J connectivity index is 2.79. The molecular formula is C10H13BrN4O. The number of nitrogens with two attached hydrogens (primary N) is 1. The zero-order chi connectivity index (χ0) is 11.9. The van der Waals surface area contributed by atoms with Gasteiger partial charge in [0.1, 0.15) is 17.8 Å². The molecule has 6 heteroatoms. The van der Waals surface area contributed by atoms with Crippen LogP contribution in [0, 0.1) is 0 Å². The summed E-state index contributed by atoms with van der Waals surface area (Å²) in [7, 11) is 0. The third kappa shape index (κ3) is 1.58. The fourth-order valence-corrected chi connectivity index (χ4v) is 2.16. The number of hydrogen-bond acceptors (Lipinski definition) is 4. The van der Waals surface area contributed by atoms with Gasteiger partial charge in [-0.05, 0) is 29.8 Å². The van der Waals surface area contributed by atoms with Crippen molar-refractivity contribution < 1.29 is 5.11 Å². The lowest BCUT2D eigenvalue weighted by molar-refractivity contribution is 0.168. The van der Waals surface area contributed by atoms with Gasteiger partial charge in [0, 0.05) is 10.7 Å². The molecule has 16 heavy (non-hydrogen) atoms. The standard InChI is InChI=1S/C10H13BrN4O/c1-10(2,4-16)15-3-6(11)7-8(12)13-5-14-9(7)15/h3,5,16H,4H2,1-2H3,(H2,12,13,14). The number of fused-ring (bicyclic) bond motifs is 1. The molecule has 5 nitrogen and oxygen atoms in total. The lowest BCUT2D eigenvalue weighted by atomic mass is 10.1. The van der Waals surface area contributed by atoms with E-state index in [1.54, 1.807) is 0 Å². The Bertz CT molecular complexity index is 535. The predicted octanol–water partition coefficient (Wildman–Crippen LogP) is 1.50. The largest absolute Gasteiger partial charge is 0.394 e. The number of rotatable bonds is 2. The molecule has 0 aliphatic heterocycles. The SMILES string of the molecule is CC(C)(CO)n1cc(Br)c2c(N)ncnc21. The molecule has 2 rings (SSSR count). The quantitative estimate of drug-likeness (QED) is 0.876. The zero-order valence-electron chi connectivity index (χ0n) is 9.11. The van der Waals surface area contributed by atoms with Crippen molar-refractivity contribution in [2.45, 2.75) is 19.4 Å². The van der Waals surface area contributed by atoms with Crippen LogP contribution in [-0.4, -0.2) is 26.2 Å². The highest BCUT2D eigenvalue weighted by Crippen LogP contribution is 2.31. The highest BCUT2D eigenvalue weighted by Gasteiger charge is 2.23. The normalized spacial score (nSPS) is 12.2. The number of hydrogen-bond donors (Lipinski definition) is 2. The van der Waals surface area contributed by atoms with Crippen molar-refractivity contribution >= 4 is 32.8 Å². The van der Waals surface area contributed by atoms with Crippen molar-refractivity contribution in [1.29, 1.82) is 0 Å². The highest BCUT2D eigenvalue weighted by molar-refractivity contribution is 9.10. The van der Waals surface area contributed by atoms with Crippen molar-refractivity contribution in [3.8, 4) is 0 Å². The number of halogens is 1. The third-order valence-electron chi connectivity index (χ3n) is 2.61. The van der Waals surface area contributed by atoms with Crippen LogP contribution in [0.25, 0.3) is 11.0 Å². The van der Waals surface area contributed by atoms with E-state index >= 15 is 0 Å². The second kappa shape index (κ2) is 3.71. The Hall–Kier alpha value is -1.14. The van der Waals surface area contributed by atoms with Crippen LogP contribution >= 0.6 is 15.9 Å². The van der Waals surface area contributed by atoms with Gasteiger partial charge in [-0.25, -0.2) is 9.97 Å². The van der Waals surface area contributed by atoms with Crippen LogP contribution in [0.1, 0.15) is 13.8 Å². The molecule has 0 saturated carbocycles. The van der Waals surface area contributed by atoms with Gasteiger partial charge in [-0.15, -0.1) is 0 Å². The zero-order valence-corrected chi connectivity index (χ0v) is 10.7. The van der Waals surface area contributed by atoms with Crippen molar-refractivity contribution in [2.75, 3.05) is 12.3 Å². The van der Waals surface area contributed by atoms with E-state index in [2.05, 4.69) is 25.9 Å². The van der Waals surface area contributed by atoms with Gasteiger partial charge in [0.05, 0.1) is 17.5 Å². The van der Waals surface area contributed by atoms with Crippen LogP contribution in [0.5, 0.6) is 0 Å². The molecule has 0 spiro atoms. The minimum atomic E-state index is -0.426. The molecule has 0 fully saturated rings. The van der Waals surface area contributed by atoms with E-state index in [0.717, 1.165) is 15.5 Å². The summed E-state index contributed by atoms with van der Waals surface area (Å²) in [6.07, 6.45) is 3.29. The Morgan fingerprint density at radius 3 is 2.81 bits per heavy atom. The lowest BCUT2D eigenvalue weighted by Crippen LogP contribution is -2.29. The van der Waals surface area contributed by atoms with Gasteiger partial charge in [0.15, 0.2) is 0 Å². The van der Waals surface area contributed by atoms with Gasteiger partial charge < -0.3 is 15.4 Å². The molecule has 2 aromatic rings. The number of aliphatic hydroxyl groups excluding tert-OH is 1. The van der Waals surface area contributed by atoms with Gasteiger partial charge in [0.2, 0.25) is 0 Å². The van der Waals surface area contributed by atoms with Crippen molar-refractivity contribution in [3.63, 3.8) is 0 Å². The summed E-state index contributed by atoms with van der Waals surface area (Å²) in [6, 6.07) is 0. The summed E-state index contributed by atoms with van der Waals surface area (Å²) < 4.78 is 2.73. The summed E-state index contributed by atoms with van der Waals surface area (Å²) in [5.74, 6) is 0.435. The maximum Gasteiger partial charge on any atom is 0.147 e. The van der Waals surface area contributed by atoms with Gasteiger partial charge in [-0.3, -0.25) is 0 Å². The number of aliphatic hydroxyl groups is 1. The first-order valence-corrected chi connectivity index (χ1v) is 5.65. The Morgan fingerprint density at radius 1 is 1.50 bits per heavy atom. The number of nitrogen functional groups attached to an aromatic ring is 1. The number of aromatic nitrogens is 3. The topological polar surface area (TPSA) is 77.0 Å². The van der Waals surface area contributed by atoms with E-state index < -0.39 is 5.54 Å². The fourth-order valence-electron chi connectivity index (χ4n) is 1.58.